The first-order chi connectivity index (χ1) is 8.58. The summed E-state index contributed by atoms with van der Waals surface area (Å²) in [6, 6.07) is 3.68. The zero-order valence-corrected chi connectivity index (χ0v) is 9.50. The highest BCUT2D eigenvalue weighted by Gasteiger charge is 2.23. The molecule has 1 heterocycles. The number of nitro groups is 1. The van der Waals surface area contributed by atoms with Gasteiger partial charge in [0.1, 0.15) is 6.10 Å². The van der Waals surface area contributed by atoms with Gasteiger partial charge in [-0.05, 0) is 6.07 Å². The Labute approximate surface area is 103 Å². The Morgan fingerprint density at radius 2 is 2.33 bits per heavy atom. The normalized spacial score (nSPS) is 18.6. The average molecular weight is 252 g/mol. The zero-order chi connectivity index (χ0) is 13.1. The van der Waals surface area contributed by atoms with Crippen LogP contribution in [0.1, 0.15) is 16.8 Å². The van der Waals surface area contributed by atoms with Gasteiger partial charge in [-0.3, -0.25) is 10.1 Å². The fourth-order valence-corrected chi connectivity index (χ4v) is 1.66. The average Bonchev–Trinajstić information content (AvgIpc) is 2.81. The largest absolute Gasteiger partial charge is 0.456 e. The molecule has 0 aliphatic carbocycles. The van der Waals surface area contributed by atoms with Crippen LogP contribution in [-0.2, 0) is 9.47 Å². The number of benzene rings is 1. The van der Waals surface area contributed by atoms with Crippen LogP contribution < -0.4 is 5.73 Å². The predicted molar refractivity (Wildman–Crippen MR) is 62.1 cm³/mol. The first-order valence-corrected chi connectivity index (χ1v) is 5.40. The number of carbonyl (C=O) groups excluding carboxylic acids is 1. The van der Waals surface area contributed by atoms with Gasteiger partial charge < -0.3 is 15.2 Å². The molecule has 0 aromatic heterocycles. The molecule has 7 heteroatoms. The van der Waals surface area contributed by atoms with Crippen molar-refractivity contribution in [2.24, 2.45) is 0 Å². The van der Waals surface area contributed by atoms with Crippen LogP contribution in [0.25, 0.3) is 0 Å². The van der Waals surface area contributed by atoms with E-state index in [0.717, 1.165) is 6.07 Å². The predicted octanol–water partition coefficient (Wildman–Crippen LogP) is 1.12. The number of non-ortho nitro benzene ring substituents is 1. The lowest BCUT2D eigenvalue weighted by Gasteiger charge is -2.11. The summed E-state index contributed by atoms with van der Waals surface area (Å²) in [5.41, 5.74) is 5.58. The Bertz CT molecular complexity index is 482. The van der Waals surface area contributed by atoms with Gasteiger partial charge in [0.15, 0.2) is 0 Å². The molecular formula is C11H12N2O5. The van der Waals surface area contributed by atoms with Crippen LogP contribution in [0.5, 0.6) is 0 Å². The molecular weight excluding hydrogens is 240 g/mol. The molecule has 18 heavy (non-hydrogen) atoms. The van der Waals surface area contributed by atoms with Crippen molar-refractivity contribution in [3.63, 3.8) is 0 Å². The third-order valence-electron chi connectivity index (χ3n) is 2.63. The monoisotopic (exact) mass is 252 g/mol. The smallest absolute Gasteiger partial charge is 0.340 e. The van der Waals surface area contributed by atoms with Crippen LogP contribution in [0.2, 0.25) is 0 Å². The molecule has 96 valence electrons. The molecule has 1 unspecified atom stereocenters. The maximum absolute atomic E-state index is 11.8. The Kier molecular flexibility index (Phi) is 3.42. The number of ether oxygens (including phenoxy) is 2. The second-order valence-corrected chi connectivity index (χ2v) is 3.92. The molecule has 1 saturated heterocycles. The minimum Gasteiger partial charge on any atom is -0.456 e. The number of carbonyl (C=O) groups is 1. The molecule has 1 aromatic carbocycles. The van der Waals surface area contributed by atoms with E-state index >= 15 is 0 Å². The summed E-state index contributed by atoms with van der Waals surface area (Å²) in [7, 11) is 0. The highest BCUT2D eigenvalue weighted by Crippen LogP contribution is 2.21. The molecule has 0 radical (unpaired) electrons. The van der Waals surface area contributed by atoms with Gasteiger partial charge in [-0.25, -0.2) is 4.79 Å². The maximum atomic E-state index is 11.8. The SMILES string of the molecule is Nc1ccc([N+](=O)[O-])cc1C(=O)OC1CCOC1. The van der Waals surface area contributed by atoms with E-state index in [0.29, 0.717) is 19.6 Å². The van der Waals surface area contributed by atoms with Crippen molar-refractivity contribution in [2.75, 3.05) is 18.9 Å². The van der Waals surface area contributed by atoms with Gasteiger partial charge in [0.2, 0.25) is 0 Å². The number of anilines is 1. The fourth-order valence-electron chi connectivity index (χ4n) is 1.66. The summed E-state index contributed by atoms with van der Waals surface area (Å²) in [6.45, 7) is 0.892. The lowest BCUT2D eigenvalue weighted by Crippen LogP contribution is -2.19. The molecule has 1 aromatic rings. The number of hydrogen-bond acceptors (Lipinski definition) is 6. The van der Waals surface area contributed by atoms with E-state index in [9.17, 15) is 14.9 Å². The second-order valence-electron chi connectivity index (χ2n) is 3.92. The molecule has 2 N–H and O–H groups in total. The van der Waals surface area contributed by atoms with Crippen molar-refractivity contribution in [3.8, 4) is 0 Å². The number of hydrogen-bond donors (Lipinski definition) is 1. The van der Waals surface area contributed by atoms with Crippen molar-refractivity contribution in [2.45, 2.75) is 12.5 Å². The molecule has 0 bridgehead atoms. The van der Waals surface area contributed by atoms with Gasteiger partial charge in [0.05, 0.1) is 23.7 Å². The Morgan fingerprint density at radius 3 is 2.94 bits per heavy atom. The Morgan fingerprint density at radius 1 is 1.56 bits per heavy atom. The standard InChI is InChI=1S/C11H12N2O5/c12-10-2-1-7(13(15)16)5-9(10)11(14)18-8-3-4-17-6-8/h1-2,5,8H,3-4,6,12H2. The van der Waals surface area contributed by atoms with Crippen LogP contribution in [0.4, 0.5) is 11.4 Å². The van der Waals surface area contributed by atoms with Gasteiger partial charge in [-0.15, -0.1) is 0 Å². The summed E-state index contributed by atoms with van der Waals surface area (Å²) in [6.07, 6.45) is 0.316. The minimum atomic E-state index is -0.660. The van der Waals surface area contributed by atoms with E-state index in [2.05, 4.69) is 0 Å². The van der Waals surface area contributed by atoms with E-state index in [4.69, 9.17) is 15.2 Å². The number of rotatable bonds is 3. The maximum Gasteiger partial charge on any atom is 0.340 e. The third kappa shape index (κ3) is 2.57. The van der Waals surface area contributed by atoms with E-state index in [1.54, 1.807) is 0 Å². The van der Waals surface area contributed by atoms with Gasteiger partial charge in [-0.1, -0.05) is 0 Å². The quantitative estimate of drug-likeness (QED) is 0.374. The lowest BCUT2D eigenvalue weighted by atomic mass is 10.1. The van der Waals surface area contributed by atoms with E-state index in [1.165, 1.54) is 12.1 Å². The van der Waals surface area contributed by atoms with Gasteiger partial charge in [0, 0.05) is 24.2 Å². The Balaban J connectivity index is 2.17. The number of nitrogen functional groups attached to an aromatic ring is 1. The molecule has 1 fully saturated rings. The molecule has 1 atom stereocenters. The highest BCUT2D eigenvalue weighted by molar-refractivity contribution is 5.95. The number of esters is 1. The summed E-state index contributed by atoms with van der Waals surface area (Å²) in [5, 5.41) is 10.6. The fraction of sp³-hybridized carbons (Fsp3) is 0.364. The van der Waals surface area contributed by atoms with Crippen molar-refractivity contribution in [1.82, 2.24) is 0 Å². The molecule has 1 aliphatic heterocycles. The lowest BCUT2D eigenvalue weighted by molar-refractivity contribution is -0.384. The molecule has 0 amide bonds. The highest BCUT2D eigenvalue weighted by atomic mass is 16.6. The number of nitro benzene ring substituents is 1. The molecule has 1 aliphatic rings. The topological polar surface area (TPSA) is 105 Å². The second kappa shape index (κ2) is 5.01. The van der Waals surface area contributed by atoms with Crippen molar-refractivity contribution >= 4 is 17.3 Å². The van der Waals surface area contributed by atoms with Crippen molar-refractivity contribution in [3.05, 3.63) is 33.9 Å². The van der Waals surface area contributed by atoms with Gasteiger partial charge >= 0.3 is 5.97 Å². The van der Waals surface area contributed by atoms with E-state index < -0.39 is 10.9 Å². The van der Waals surface area contributed by atoms with Crippen LogP contribution in [0.15, 0.2) is 18.2 Å². The van der Waals surface area contributed by atoms with Crippen LogP contribution in [0, 0.1) is 10.1 Å². The third-order valence-corrected chi connectivity index (χ3v) is 2.63. The first kappa shape index (κ1) is 12.3. The molecule has 2 rings (SSSR count). The van der Waals surface area contributed by atoms with Crippen LogP contribution >= 0.6 is 0 Å². The summed E-state index contributed by atoms with van der Waals surface area (Å²) in [4.78, 5) is 21.9. The van der Waals surface area contributed by atoms with Crippen LogP contribution in [-0.4, -0.2) is 30.2 Å². The van der Waals surface area contributed by atoms with Crippen LogP contribution in [0.3, 0.4) is 0 Å². The summed E-state index contributed by atoms with van der Waals surface area (Å²) < 4.78 is 10.2. The van der Waals surface area contributed by atoms with Crippen molar-refractivity contribution in [1.29, 1.82) is 0 Å². The molecule has 0 spiro atoms. The molecule has 7 nitrogen and oxygen atoms in total. The number of nitrogens with zero attached hydrogens (tertiary/aromatic N) is 1. The van der Waals surface area contributed by atoms with Gasteiger partial charge in [-0.2, -0.15) is 0 Å². The van der Waals surface area contributed by atoms with Crippen molar-refractivity contribution < 1.29 is 19.2 Å². The summed E-state index contributed by atoms with van der Waals surface area (Å²) >= 11 is 0. The van der Waals surface area contributed by atoms with Gasteiger partial charge in [0.25, 0.3) is 5.69 Å². The Hall–Kier alpha value is -2.15. The van der Waals surface area contributed by atoms with E-state index in [1.807, 2.05) is 0 Å². The summed E-state index contributed by atoms with van der Waals surface area (Å²) in [5.74, 6) is -0.660. The van der Waals surface area contributed by atoms with E-state index in [-0.39, 0.29) is 23.0 Å². The first-order valence-electron chi connectivity index (χ1n) is 5.40. The molecule has 0 saturated carbocycles. The minimum absolute atomic E-state index is 0.0103. The number of nitrogens with two attached hydrogens (primary N) is 1. The zero-order valence-electron chi connectivity index (χ0n) is 9.50.